The van der Waals surface area contributed by atoms with Crippen molar-refractivity contribution >= 4 is 29.1 Å². The van der Waals surface area contributed by atoms with Crippen molar-refractivity contribution in [3.63, 3.8) is 0 Å². The minimum Gasteiger partial charge on any atom is -0.349 e. The molecule has 0 aliphatic heterocycles. The van der Waals surface area contributed by atoms with Gasteiger partial charge in [-0.05, 0) is 41.7 Å². The molecule has 0 spiro atoms. The van der Waals surface area contributed by atoms with Gasteiger partial charge in [0, 0.05) is 10.0 Å². The Kier molecular flexibility index (Phi) is 4.18. The summed E-state index contributed by atoms with van der Waals surface area (Å²) in [5, 5.41) is 4.15. The zero-order chi connectivity index (χ0) is 14.8. The summed E-state index contributed by atoms with van der Waals surface area (Å²) in [4.78, 5) is 12.3. The van der Waals surface area contributed by atoms with Crippen LogP contribution in [0, 0.1) is 0 Å². The number of hydrogen-bond acceptors (Lipinski definition) is 1. The molecule has 3 rings (SSSR count). The van der Waals surface area contributed by atoms with Crippen molar-refractivity contribution < 1.29 is 4.79 Å². The lowest BCUT2D eigenvalue weighted by molar-refractivity contribution is -0.121. The molecule has 1 amide bonds. The van der Waals surface area contributed by atoms with Gasteiger partial charge in [-0.15, -0.1) is 0 Å². The summed E-state index contributed by atoms with van der Waals surface area (Å²) in [6.45, 7) is 0. The highest BCUT2D eigenvalue weighted by Crippen LogP contribution is 2.31. The maximum Gasteiger partial charge on any atom is 0.225 e. The average molecular weight is 320 g/mol. The minimum absolute atomic E-state index is 0.0493. The molecule has 1 atom stereocenters. The lowest BCUT2D eigenvalue weighted by Gasteiger charge is -2.15. The second-order valence-corrected chi connectivity index (χ2v) is 6.05. The summed E-state index contributed by atoms with van der Waals surface area (Å²) < 4.78 is 0. The molecule has 0 heterocycles. The number of benzene rings is 2. The van der Waals surface area contributed by atoms with E-state index >= 15 is 0 Å². The van der Waals surface area contributed by atoms with Crippen LogP contribution >= 0.6 is 23.2 Å². The van der Waals surface area contributed by atoms with Crippen LogP contribution in [0.5, 0.6) is 0 Å². The molecule has 1 N–H and O–H groups in total. The Morgan fingerprint density at radius 1 is 1.10 bits per heavy atom. The van der Waals surface area contributed by atoms with Gasteiger partial charge in [-0.2, -0.15) is 0 Å². The highest BCUT2D eigenvalue weighted by atomic mass is 35.5. The summed E-state index contributed by atoms with van der Waals surface area (Å²) in [5.74, 6) is -0.0493. The average Bonchev–Trinajstić information content (AvgIpc) is 2.87. The third-order valence-electron chi connectivity index (χ3n) is 3.87. The maximum absolute atomic E-state index is 12.3. The molecule has 0 bridgehead atoms. The highest BCUT2D eigenvalue weighted by Gasteiger charge is 2.23. The van der Waals surface area contributed by atoms with Gasteiger partial charge in [-0.1, -0.05) is 53.5 Å². The van der Waals surface area contributed by atoms with Crippen LogP contribution in [-0.4, -0.2) is 5.91 Å². The first kappa shape index (κ1) is 14.4. The van der Waals surface area contributed by atoms with Gasteiger partial charge in [0.15, 0.2) is 0 Å². The molecule has 0 aromatic heterocycles. The molecule has 1 unspecified atom stereocenters. The number of nitrogens with one attached hydrogen (secondary N) is 1. The fraction of sp³-hybridized carbons (Fsp3) is 0.235. The monoisotopic (exact) mass is 319 g/mol. The van der Waals surface area contributed by atoms with Gasteiger partial charge in [0.2, 0.25) is 5.91 Å². The number of carbonyl (C=O) groups is 1. The molecule has 2 nitrogen and oxygen atoms in total. The molecule has 21 heavy (non-hydrogen) atoms. The molecule has 108 valence electrons. The second-order valence-electron chi connectivity index (χ2n) is 5.23. The van der Waals surface area contributed by atoms with Crippen LogP contribution in [0.25, 0.3) is 0 Å². The molecular weight excluding hydrogens is 305 g/mol. The van der Waals surface area contributed by atoms with Crippen molar-refractivity contribution in [1.29, 1.82) is 0 Å². The summed E-state index contributed by atoms with van der Waals surface area (Å²) in [5.41, 5.74) is 3.22. The topological polar surface area (TPSA) is 29.1 Å². The standard InChI is InChI=1S/C17H15Cl2NO/c18-14-6-3-7-15(19)13(14)10-17(21)20-16-9-8-11-4-1-2-5-12(11)16/h1-7,16H,8-10H2,(H,20,21). The fourth-order valence-electron chi connectivity index (χ4n) is 2.81. The van der Waals surface area contributed by atoms with Gasteiger partial charge in [0.05, 0.1) is 12.5 Å². The van der Waals surface area contributed by atoms with E-state index in [4.69, 9.17) is 23.2 Å². The van der Waals surface area contributed by atoms with Crippen molar-refractivity contribution in [2.45, 2.75) is 25.3 Å². The zero-order valence-electron chi connectivity index (χ0n) is 11.4. The first-order valence-electron chi connectivity index (χ1n) is 6.95. The number of aryl methyl sites for hydroxylation is 1. The second kappa shape index (κ2) is 6.08. The number of carbonyl (C=O) groups excluding carboxylic acids is 1. The van der Waals surface area contributed by atoms with E-state index in [1.165, 1.54) is 11.1 Å². The Morgan fingerprint density at radius 2 is 1.81 bits per heavy atom. The van der Waals surface area contributed by atoms with E-state index in [2.05, 4.69) is 17.4 Å². The number of hydrogen-bond donors (Lipinski definition) is 1. The molecule has 1 aliphatic carbocycles. The van der Waals surface area contributed by atoms with Crippen molar-refractivity contribution in [2.24, 2.45) is 0 Å². The molecule has 2 aromatic rings. The molecule has 0 saturated carbocycles. The van der Waals surface area contributed by atoms with E-state index < -0.39 is 0 Å². The van der Waals surface area contributed by atoms with Gasteiger partial charge >= 0.3 is 0 Å². The first-order valence-corrected chi connectivity index (χ1v) is 7.71. The molecule has 2 aromatic carbocycles. The number of fused-ring (bicyclic) bond motifs is 1. The zero-order valence-corrected chi connectivity index (χ0v) is 12.9. The summed E-state index contributed by atoms with van der Waals surface area (Å²) in [7, 11) is 0. The third kappa shape index (κ3) is 3.07. The van der Waals surface area contributed by atoms with E-state index in [1.807, 2.05) is 12.1 Å². The summed E-state index contributed by atoms with van der Waals surface area (Å²) in [6.07, 6.45) is 2.16. The Balaban J connectivity index is 1.71. The van der Waals surface area contributed by atoms with Gasteiger partial charge in [0.1, 0.15) is 0 Å². The normalized spacial score (nSPS) is 16.6. The first-order chi connectivity index (χ1) is 10.1. The fourth-order valence-corrected chi connectivity index (χ4v) is 3.35. The van der Waals surface area contributed by atoms with Crippen LogP contribution < -0.4 is 5.32 Å². The Hall–Kier alpha value is -1.51. The van der Waals surface area contributed by atoms with Crippen molar-refractivity contribution in [3.05, 3.63) is 69.2 Å². The minimum atomic E-state index is -0.0493. The quantitative estimate of drug-likeness (QED) is 0.895. The van der Waals surface area contributed by atoms with Crippen molar-refractivity contribution in [1.82, 2.24) is 5.32 Å². The van der Waals surface area contributed by atoms with Gasteiger partial charge < -0.3 is 5.32 Å². The highest BCUT2D eigenvalue weighted by molar-refractivity contribution is 6.36. The van der Waals surface area contributed by atoms with Crippen molar-refractivity contribution in [2.75, 3.05) is 0 Å². The molecular formula is C17H15Cl2NO. The van der Waals surface area contributed by atoms with E-state index in [0.29, 0.717) is 15.6 Å². The predicted octanol–water partition coefficient (Wildman–Crippen LogP) is 4.34. The lowest BCUT2D eigenvalue weighted by Crippen LogP contribution is -2.28. The summed E-state index contributed by atoms with van der Waals surface area (Å²) in [6, 6.07) is 13.6. The van der Waals surface area contributed by atoms with E-state index in [1.54, 1.807) is 18.2 Å². The summed E-state index contributed by atoms with van der Waals surface area (Å²) >= 11 is 12.2. The SMILES string of the molecule is O=C(Cc1c(Cl)cccc1Cl)NC1CCc2ccccc21. The molecule has 0 fully saturated rings. The number of rotatable bonds is 3. The smallest absolute Gasteiger partial charge is 0.225 e. The molecule has 1 aliphatic rings. The Bertz CT molecular complexity index is 664. The van der Waals surface area contributed by atoms with Crippen molar-refractivity contribution in [3.8, 4) is 0 Å². The van der Waals surface area contributed by atoms with Gasteiger partial charge in [-0.25, -0.2) is 0 Å². The van der Waals surface area contributed by atoms with Crippen LogP contribution in [0.2, 0.25) is 10.0 Å². The van der Waals surface area contributed by atoms with E-state index in [9.17, 15) is 4.79 Å². The Morgan fingerprint density at radius 3 is 2.57 bits per heavy atom. The van der Waals surface area contributed by atoms with Crippen LogP contribution in [-0.2, 0) is 17.6 Å². The van der Waals surface area contributed by atoms with Crippen LogP contribution in [0.15, 0.2) is 42.5 Å². The van der Waals surface area contributed by atoms with Gasteiger partial charge in [0.25, 0.3) is 0 Å². The number of halogens is 2. The number of amides is 1. The predicted molar refractivity (Wildman–Crippen MR) is 85.8 cm³/mol. The molecule has 0 saturated heterocycles. The molecule has 0 radical (unpaired) electrons. The van der Waals surface area contributed by atoms with Gasteiger partial charge in [-0.3, -0.25) is 4.79 Å². The van der Waals surface area contributed by atoms with Crippen LogP contribution in [0.1, 0.15) is 29.2 Å². The largest absolute Gasteiger partial charge is 0.349 e. The lowest BCUT2D eigenvalue weighted by atomic mass is 10.1. The van der Waals surface area contributed by atoms with Crippen LogP contribution in [0.4, 0.5) is 0 Å². The Labute approximate surface area is 134 Å². The molecule has 4 heteroatoms. The van der Waals surface area contributed by atoms with Crippen LogP contribution in [0.3, 0.4) is 0 Å². The third-order valence-corrected chi connectivity index (χ3v) is 4.58. The van der Waals surface area contributed by atoms with E-state index in [-0.39, 0.29) is 18.4 Å². The van der Waals surface area contributed by atoms with E-state index in [0.717, 1.165) is 12.8 Å². The maximum atomic E-state index is 12.3.